The maximum absolute atomic E-state index is 14.5. The minimum atomic E-state index is -1.17. The van der Waals surface area contributed by atoms with Crippen LogP contribution < -0.4 is 10.7 Å². The zero-order valence-electron chi connectivity index (χ0n) is 14.9. The van der Waals surface area contributed by atoms with Gasteiger partial charge in [-0.1, -0.05) is 30.3 Å². The van der Waals surface area contributed by atoms with E-state index in [1.807, 2.05) is 30.3 Å². The highest BCUT2D eigenvalue weighted by molar-refractivity contribution is 5.98. The number of hydrogen-bond acceptors (Lipinski definition) is 4. The van der Waals surface area contributed by atoms with E-state index < -0.39 is 23.0 Å². The Morgan fingerprint density at radius 1 is 1.22 bits per heavy atom. The molecule has 7 heteroatoms. The van der Waals surface area contributed by atoms with Gasteiger partial charge in [-0.3, -0.25) is 4.79 Å². The highest BCUT2D eigenvalue weighted by atomic mass is 19.2. The minimum Gasteiger partial charge on any atom is -0.462 e. The summed E-state index contributed by atoms with van der Waals surface area (Å²) < 4.78 is 34.9. The molecule has 0 saturated heterocycles. The molecule has 0 amide bonds. The van der Waals surface area contributed by atoms with Crippen molar-refractivity contribution in [2.45, 2.75) is 13.5 Å². The normalized spacial score (nSPS) is 10.8. The molecule has 0 spiro atoms. The standard InChI is InChI=1S/C20H18F2N2O3/c1-3-27-20(26)13-11-24(2)15-9-14(21)17(22)18(16(15)19(13)25)23-10-12-7-5-4-6-8-12/h4-9,11,23H,3,10H2,1-2H3. The fourth-order valence-corrected chi connectivity index (χ4v) is 2.88. The summed E-state index contributed by atoms with van der Waals surface area (Å²) in [6, 6.07) is 10.0. The quantitative estimate of drug-likeness (QED) is 0.695. The van der Waals surface area contributed by atoms with E-state index in [-0.39, 0.29) is 35.3 Å². The number of pyridine rings is 1. The molecule has 0 aliphatic heterocycles. The maximum Gasteiger partial charge on any atom is 0.343 e. The Balaban J connectivity index is 2.19. The molecule has 1 aromatic heterocycles. The van der Waals surface area contributed by atoms with Crippen molar-refractivity contribution >= 4 is 22.6 Å². The fraction of sp³-hybridized carbons (Fsp3) is 0.200. The highest BCUT2D eigenvalue weighted by Gasteiger charge is 2.22. The van der Waals surface area contributed by atoms with Crippen LogP contribution in [-0.4, -0.2) is 17.1 Å². The molecule has 140 valence electrons. The number of hydrogen-bond donors (Lipinski definition) is 1. The first-order chi connectivity index (χ1) is 12.9. The van der Waals surface area contributed by atoms with Gasteiger partial charge >= 0.3 is 5.97 Å². The number of esters is 1. The Kier molecular flexibility index (Phi) is 5.21. The van der Waals surface area contributed by atoms with Crippen molar-refractivity contribution in [1.29, 1.82) is 0 Å². The monoisotopic (exact) mass is 372 g/mol. The molecular weight excluding hydrogens is 354 g/mol. The molecule has 1 heterocycles. The van der Waals surface area contributed by atoms with Crippen molar-refractivity contribution in [3.05, 3.63) is 75.6 Å². The van der Waals surface area contributed by atoms with E-state index in [1.165, 1.54) is 10.8 Å². The molecule has 0 aliphatic rings. The average molecular weight is 372 g/mol. The lowest BCUT2D eigenvalue weighted by molar-refractivity contribution is 0.0524. The van der Waals surface area contributed by atoms with E-state index in [4.69, 9.17) is 4.74 Å². The van der Waals surface area contributed by atoms with E-state index in [1.54, 1.807) is 14.0 Å². The molecule has 5 nitrogen and oxygen atoms in total. The van der Waals surface area contributed by atoms with Crippen molar-refractivity contribution in [1.82, 2.24) is 4.57 Å². The molecule has 0 atom stereocenters. The number of benzene rings is 2. The molecule has 0 aliphatic carbocycles. The van der Waals surface area contributed by atoms with Gasteiger partial charge in [0.1, 0.15) is 5.56 Å². The van der Waals surface area contributed by atoms with Gasteiger partial charge in [-0.15, -0.1) is 0 Å². The summed E-state index contributed by atoms with van der Waals surface area (Å²) >= 11 is 0. The smallest absolute Gasteiger partial charge is 0.343 e. The molecule has 0 saturated carbocycles. The number of carbonyl (C=O) groups excluding carboxylic acids is 1. The van der Waals surface area contributed by atoms with Crippen LogP contribution in [0, 0.1) is 11.6 Å². The molecular formula is C20H18F2N2O3. The summed E-state index contributed by atoms with van der Waals surface area (Å²) in [5.41, 5.74) is -0.229. The number of nitrogens with zero attached hydrogens (tertiary/aromatic N) is 1. The number of ether oxygens (including phenoxy) is 1. The summed E-state index contributed by atoms with van der Waals surface area (Å²) in [5, 5.41) is 2.70. The lowest BCUT2D eigenvalue weighted by Crippen LogP contribution is -2.22. The molecule has 0 fully saturated rings. The Morgan fingerprint density at radius 2 is 1.93 bits per heavy atom. The number of halogens is 2. The van der Waals surface area contributed by atoms with E-state index in [0.29, 0.717) is 0 Å². The number of aromatic nitrogens is 1. The lowest BCUT2D eigenvalue weighted by atomic mass is 10.1. The van der Waals surface area contributed by atoms with E-state index in [0.717, 1.165) is 11.6 Å². The van der Waals surface area contributed by atoms with Crippen molar-refractivity contribution < 1.29 is 18.3 Å². The van der Waals surface area contributed by atoms with Gasteiger partial charge in [0, 0.05) is 25.9 Å². The Labute approximate surface area is 154 Å². The second-order valence-electron chi connectivity index (χ2n) is 5.98. The lowest BCUT2D eigenvalue weighted by Gasteiger charge is -2.15. The summed E-state index contributed by atoms with van der Waals surface area (Å²) in [5.74, 6) is -3.06. The van der Waals surface area contributed by atoms with Crippen molar-refractivity contribution in [3.63, 3.8) is 0 Å². The van der Waals surface area contributed by atoms with Crippen LogP contribution >= 0.6 is 0 Å². The number of fused-ring (bicyclic) bond motifs is 1. The SMILES string of the molecule is CCOC(=O)c1cn(C)c2cc(F)c(F)c(NCc3ccccc3)c2c1=O. The molecule has 0 radical (unpaired) electrons. The van der Waals surface area contributed by atoms with E-state index in [9.17, 15) is 18.4 Å². The van der Waals surface area contributed by atoms with Crippen molar-refractivity contribution in [2.75, 3.05) is 11.9 Å². The summed E-state index contributed by atoms with van der Waals surface area (Å²) in [6.07, 6.45) is 1.26. The predicted octanol–water partition coefficient (Wildman–Crippen LogP) is 3.61. The van der Waals surface area contributed by atoms with E-state index >= 15 is 0 Å². The second kappa shape index (κ2) is 7.57. The highest BCUT2D eigenvalue weighted by Crippen LogP contribution is 2.27. The second-order valence-corrected chi connectivity index (χ2v) is 5.98. The fourth-order valence-electron chi connectivity index (χ4n) is 2.88. The summed E-state index contributed by atoms with van der Waals surface area (Å²) in [4.78, 5) is 24.9. The number of carbonyl (C=O) groups is 1. The predicted molar refractivity (Wildman–Crippen MR) is 98.8 cm³/mol. The molecule has 1 N–H and O–H groups in total. The Hall–Kier alpha value is -3.22. The van der Waals surface area contributed by atoms with Gasteiger partial charge in [-0.25, -0.2) is 13.6 Å². The minimum absolute atomic E-state index is 0.0942. The van der Waals surface area contributed by atoms with Crippen LogP contribution in [0.15, 0.2) is 47.4 Å². The van der Waals surface area contributed by atoms with Gasteiger partial charge in [0.05, 0.1) is 23.2 Å². The van der Waals surface area contributed by atoms with Crippen molar-refractivity contribution in [3.8, 4) is 0 Å². The van der Waals surface area contributed by atoms with Crippen LogP contribution in [0.25, 0.3) is 10.9 Å². The number of nitrogens with one attached hydrogen (secondary N) is 1. The number of anilines is 1. The number of aryl methyl sites for hydroxylation is 1. The van der Waals surface area contributed by atoms with Gasteiger partial charge in [0.25, 0.3) is 0 Å². The molecule has 0 bridgehead atoms. The summed E-state index contributed by atoms with van der Waals surface area (Å²) in [7, 11) is 1.54. The molecule has 27 heavy (non-hydrogen) atoms. The van der Waals surface area contributed by atoms with Gasteiger partial charge in [-0.2, -0.15) is 0 Å². The van der Waals surface area contributed by atoms with Crippen LogP contribution in [0.5, 0.6) is 0 Å². The molecule has 0 unspecified atom stereocenters. The first-order valence-electron chi connectivity index (χ1n) is 8.40. The van der Waals surface area contributed by atoms with Gasteiger partial charge in [0.15, 0.2) is 11.6 Å². The van der Waals surface area contributed by atoms with Gasteiger partial charge in [-0.05, 0) is 12.5 Å². The summed E-state index contributed by atoms with van der Waals surface area (Å²) in [6.45, 7) is 1.89. The third-order valence-electron chi connectivity index (χ3n) is 4.18. The third-order valence-corrected chi connectivity index (χ3v) is 4.18. The topological polar surface area (TPSA) is 60.3 Å². The first-order valence-corrected chi connectivity index (χ1v) is 8.40. The van der Waals surface area contributed by atoms with Crippen LogP contribution in [0.2, 0.25) is 0 Å². The Bertz CT molecular complexity index is 1060. The van der Waals surface area contributed by atoms with Gasteiger partial charge < -0.3 is 14.6 Å². The van der Waals surface area contributed by atoms with Crippen LogP contribution in [0.4, 0.5) is 14.5 Å². The largest absolute Gasteiger partial charge is 0.462 e. The zero-order valence-corrected chi connectivity index (χ0v) is 14.9. The molecule has 3 rings (SSSR count). The van der Waals surface area contributed by atoms with Gasteiger partial charge in [0.2, 0.25) is 5.43 Å². The average Bonchev–Trinajstić information content (AvgIpc) is 2.66. The van der Waals surface area contributed by atoms with Crippen LogP contribution in [-0.2, 0) is 18.3 Å². The van der Waals surface area contributed by atoms with Crippen LogP contribution in [0.3, 0.4) is 0 Å². The van der Waals surface area contributed by atoms with Crippen molar-refractivity contribution in [2.24, 2.45) is 7.05 Å². The number of rotatable bonds is 5. The maximum atomic E-state index is 14.5. The first kappa shape index (κ1) is 18.6. The molecule has 3 aromatic rings. The Morgan fingerprint density at radius 3 is 2.59 bits per heavy atom. The third kappa shape index (κ3) is 3.53. The van der Waals surface area contributed by atoms with Crippen LogP contribution in [0.1, 0.15) is 22.8 Å². The zero-order chi connectivity index (χ0) is 19.6. The molecule has 2 aromatic carbocycles. The van der Waals surface area contributed by atoms with E-state index in [2.05, 4.69) is 5.32 Å².